The molecular weight excluding hydrogens is 420 g/mol. The van der Waals surface area contributed by atoms with Gasteiger partial charge in [-0.15, -0.1) is 0 Å². The first-order valence-corrected chi connectivity index (χ1v) is 11.5. The Morgan fingerprint density at radius 1 is 1.26 bits per heavy atom. The van der Waals surface area contributed by atoms with Crippen LogP contribution in [0.25, 0.3) is 5.69 Å². The molecule has 2 amide bonds. The molecule has 0 saturated carbocycles. The van der Waals surface area contributed by atoms with Crippen LogP contribution in [-0.4, -0.2) is 90.7 Å². The molecular formula is C20H26N6O4S. The number of likely N-dealkylation sites (tertiary alicyclic amines) is 1. The summed E-state index contributed by atoms with van der Waals surface area (Å²) in [7, 11) is 1.18. The van der Waals surface area contributed by atoms with Gasteiger partial charge < -0.3 is 15.1 Å². The van der Waals surface area contributed by atoms with Crippen molar-refractivity contribution in [2.24, 2.45) is 0 Å². The number of fused-ring (bicyclic) bond motifs is 3. The lowest BCUT2D eigenvalue weighted by Crippen LogP contribution is -2.40. The zero-order chi connectivity index (χ0) is 22.3. The summed E-state index contributed by atoms with van der Waals surface area (Å²) in [6.45, 7) is 1.19. The average Bonchev–Trinajstić information content (AvgIpc) is 3.31. The van der Waals surface area contributed by atoms with Gasteiger partial charge in [-0.05, 0) is 32.1 Å². The van der Waals surface area contributed by atoms with Crippen LogP contribution in [0.5, 0.6) is 0 Å². The Bertz CT molecular complexity index is 1130. The zero-order valence-corrected chi connectivity index (χ0v) is 18.6. The fraction of sp³-hybridized carbons (Fsp3) is 0.450. The first-order valence-electron chi connectivity index (χ1n) is 10.0. The van der Waals surface area contributed by atoms with Gasteiger partial charge in [0.2, 0.25) is 15.9 Å². The van der Waals surface area contributed by atoms with Crippen LogP contribution in [0.3, 0.4) is 0 Å². The molecule has 166 valence electrons. The number of nitrogens with zero attached hydrogens (tertiary/aromatic N) is 5. The van der Waals surface area contributed by atoms with E-state index in [0.717, 1.165) is 23.8 Å². The second-order valence-corrected chi connectivity index (χ2v) is 10.1. The van der Waals surface area contributed by atoms with E-state index in [2.05, 4.69) is 15.2 Å². The fourth-order valence-corrected chi connectivity index (χ4v) is 5.46. The van der Waals surface area contributed by atoms with Crippen molar-refractivity contribution >= 4 is 21.8 Å². The van der Waals surface area contributed by atoms with Crippen LogP contribution in [0.2, 0.25) is 0 Å². The molecule has 2 aliphatic rings. The van der Waals surface area contributed by atoms with Crippen molar-refractivity contribution in [3.8, 4) is 5.69 Å². The number of nitrogens with one attached hydrogen (secondary N) is 1. The van der Waals surface area contributed by atoms with Gasteiger partial charge in [0.15, 0.2) is 5.69 Å². The number of imidazole rings is 1. The maximum Gasteiger partial charge on any atom is 0.272 e. The number of carbonyl (C=O) groups is 2. The molecule has 10 nitrogen and oxygen atoms in total. The summed E-state index contributed by atoms with van der Waals surface area (Å²) in [5.74, 6) is -0.696. The van der Waals surface area contributed by atoms with E-state index in [9.17, 15) is 18.0 Å². The molecule has 31 heavy (non-hydrogen) atoms. The van der Waals surface area contributed by atoms with Gasteiger partial charge in [-0.2, -0.15) is 4.31 Å². The molecule has 1 N–H and O–H groups in total. The molecule has 1 aromatic carbocycles. The normalized spacial score (nSPS) is 20.5. The van der Waals surface area contributed by atoms with Crippen molar-refractivity contribution in [3.05, 3.63) is 42.0 Å². The van der Waals surface area contributed by atoms with Crippen molar-refractivity contribution in [1.82, 2.24) is 29.0 Å². The smallest absolute Gasteiger partial charge is 0.272 e. The van der Waals surface area contributed by atoms with Gasteiger partial charge in [-0.25, -0.2) is 13.4 Å². The Balaban J connectivity index is 1.75. The quantitative estimate of drug-likeness (QED) is 0.703. The number of para-hydroxylation sites is 1. The Hall–Kier alpha value is -2.76. The molecule has 1 saturated heterocycles. The van der Waals surface area contributed by atoms with E-state index in [1.807, 2.05) is 7.05 Å². The number of likely N-dealkylation sites (N-methyl/N-ethyl adjacent to an activating group) is 2. The van der Waals surface area contributed by atoms with E-state index < -0.39 is 10.0 Å². The summed E-state index contributed by atoms with van der Waals surface area (Å²) in [5.41, 5.74) is 1.01. The zero-order valence-electron chi connectivity index (χ0n) is 17.8. The van der Waals surface area contributed by atoms with Crippen molar-refractivity contribution < 1.29 is 18.0 Å². The molecule has 1 unspecified atom stereocenters. The number of rotatable bonds is 4. The fourth-order valence-electron chi connectivity index (χ4n) is 3.93. The average molecular weight is 447 g/mol. The summed E-state index contributed by atoms with van der Waals surface area (Å²) >= 11 is 0. The molecule has 0 bridgehead atoms. The molecule has 0 radical (unpaired) electrons. The predicted octanol–water partition coefficient (Wildman–Crippen LogP) is -0.101. The van der Waals surface area contributed by atoms with E-state index in [4.69, 9.17) is 0 Å². The Morgan fingerprint density at radius 3 is 2.68 bits per heavy atom. The minimum absolute atomic E-state index is 0.0167. The number of benzene rings is 1. The molecule has 11 heteroatoms. The first kappa shape index (κ1) is 21.5. The molecule has 4 rings (SSSR count). The Kier molecular flexibility index (Phi) is 5.58. The highest BCUT2D eigenvalue weighted by atomic mass is 32.2. The van der Waals surface area contributed by atoms with Gasteiger partial charge in [0.1, 0.15) is 11.2 Å². The van der Waals surface area contributed by atoms with Crippen molar-refractivity contribution in [2.75, 3.05) is 40.8 Å². The summed E-state index contributed by atoms with van der Waals surface area (Å²) in [4.78, 5) is 33.2. The number of hydrogen-bond acceptors (Lipinski definition) is 6. The first-order chi connectivity index (χ1) is 14.7. The van der Waals surface area contributed by atoms with E-state index in [1.165, 1.54) is 17.3 Å². The summed E-state index contributed by atoms with van der Waals surface area (Å²) in [5, 5.41) is 3.00. The van der Waals surface area contributed by atoms with Gasteiger partial charge in [0, 0.05) is 26.7 Å². The molecule has 1 fully saturated rings. The van der Waals surface area contributed by atoms with Gasteiger partial charge >= 0.3 is 0 Å². The molecule has 1 aromatic heterocycles. The number of aromatic nitrogens is 2. The van der Waals surface area contributed by atoms with Crippen LogP contribution in [-0.2, 0) is 21.4 Å². The van der Waals surface area contributed by atoms with Gasteiger partial charge in [-0.3, -0.25) is 14.2 Å². The minimum atomic E-state index is -3.96. The van der Waals surface area contributed by atoms with E-state index in [0.29, 0.717) is 11.4 Å². The number of sulfonamides is 1. The number of amides is 2. The summed E-state index contributed by atoms with van der Waals surface area (Å²) in [6.07, 6.45) is 2.32. The highest BCUT2D eigenvalue weighted by molar-refractivity contribution is 7.89. The van der Waals surface area contributed by atoms with Gasteiger partial charge in [-0.1, -0.05) is 12.1 Å². The predicted molar refractivity (Wildman–Crippen MR) is 113 cm³/mol. The SMILES string of the molecule is CN1CCC(NC(=O)c2ncn3c2CN(CC(=O)N(C)C)S(=O)(=O)c2ccccc2-3)C1. The van der Waals surface area contributed by atoms with Crippen molar-refractivity contribution in [2.45, 2.75) is 23.9 Å². The second kappa shape index (κ2) is 8.06. The van der Waals surface area contributed by atoms with Crippen LogP contribution in [0.15, 0.2) is 35.5 Å². The molecule has 1 atom stereocenters. The largest absolute Gasteiger partial charge is 0.348 e. The Morgan fingerprint density at radius 2 is 2.00 bits per heavy atom. The second-order valence-electron chi connectivity index (χ2n) is 8.16. The summed E-state index contributed by atoms with van der Waals surface area (Å²) in [6, 6.07) is 6.55. The molecule has 2 aromatic rings. The van der Waals surface area contributed by atoms with Crippen LogP contribution < -0.4 is 5.32 Å². The highest BCUT2D eigenvalue weighted by Crippen LogP contribution is 2.31. The molecule has 3 heterocycles. The lowest BCUT2D eigenvalue weighted by Gasteiger charge is -2.22. The van der Waals surface area contributed by atoms with Crippen LogP contribution >= 0.6 is 0 Å². The molecule has 2 aliphatic heterocycles. The van der Waals surface area contributed by atoms with E-state index in [-0.39, 0.29) is 41.5 Å². The van der Waals surface area contributed by atoms with Crippen LogP contribution in [0, 0.1) is 0 Å². The van der Waals surface area contributed by atoms with Crippen molar-refractivity contribution in [1.29, 1.82) is 0 Å². The lowest BCUT2D eigenvalue weighted by molar-refractivity contribution is -0.128. The number of hydrogen-bond donors (Lipinski definition) is 1. The maximum absolute atomic E-state index is 13.4. The van der Waals surface area contributed by atoms with Crippen molar-refractivity contribution in [3.63, 3.8) is 0 Å². The monoisotopic (exact) mass is 446 g/mol. The van der Waals surface area contributed by atoms with Gasteiger partial charge in [0.25, 0.3) is 5.91 Å². The lowest BCUT2D eigenvalue weighted by atomic mass is 10.2. The third-order valence-corrected chi connectivity index (χ3v) is 7.53. The van der Waals surface area contributed by atoms with Gasteiger partial charge in [0.05, 0.1) is 24.5 Å². The van der Waals surface area contributed by atoms with E-state index >= 15 is 0 Å². The van der Waals surface area contributed by atoms with Crippen LogP contribution in [0.4, 0.5) is 0 Å². The maximum atomic E-state index is 13.4. The third kappa shape index (κ3) is 3.95. The molecule has 0 spiro atoms. The standard InChI is InChI=1S/C20H26N6O4S/c1-23(2)18(27)12-25-11-16-19(20(28)22-14-8-9-24(3)10-14)21-13-26(16)15-6-4-5-7-17(15)31(25,29)30/h4-7,13-14H,8-12H2,1-3H3,(H,22,28). The Labute approximate surface area is 181 Å². The van der Waals surface area contributed by atoms with E-state index in [1.54, 1.807) is 36.9 Å². The third-order valence-electron chi connectivity index (χ3n) is 5.69. The minimum Gasteiger partial charge on any atom is -0.348 e. The van der Waals surface area contributed by atoms with Crippen LogP contribution in [0.1, 0.15) is 22.6 Å². The topological polar surface area (TPSA) is 108 Å². The summed E-state index contributed by atoms with van der Waals surface area (Å²) < 4.78 is 29.5. The highest BCUT2D eigenvalue weighted by Gasteiger charge is 2.36. The molecule has 0 aliphatic carbocycles. The number of carbonyl (C=O) groups excluding carboxylic acids is 2.